The van der Waals surface area contributed by atoms with Gasteiger partial charge in [-0.3, -0.25) is 14.4 Å². The fourth-order valence-electron chi connectivity index (χ4n) is 2.88. The zero-order valence-corrected chi connectivity index (χ0v) is 16.2. The van der Waals surface area contributed by atoms with Crippen LogP contribution in [-0.4, -0.2) is 57.6 Å². The lowest BCUT2D eigenvalue weighted by Crippen LogP contribution is -2.51. The van der Waals surface area contributed by atoms with Crippen molar-refractivity contribution in [2.24, 2.45) is 0 Å². The first-order valence-corrected chi connectivity index (χ1v) is 9.17. The van der Waals surface area contributed by atoms with Gasteiger partial charge in [0.2, 0.25) is 5.91 Å². The van der Waals surface area contributed by atoms with Crippen molar-refractivity contribution in [3.63, 3.8) is 0 Å². The summed E-state index contributed by atoms with van der Waals surface area (Å²) in [5, 5.41) is 4.84. The quantitative estimate of drug-likeness (QED) is 0.776. The lowest BCUT2D eigenvalue weighted by Gasteiger charge is -2.35. The molecule has 1 saturated heterocycles. The average molecular weight is 409 g/mol. The molecule has 2 heterocycles. The molecule has 3 rings (SSSR count). The van der Waals surface area contributed by atoms with Crippen molar-refractivity contribution in [2.45, 2.75) is 13.5 Å². The van der Waals surface area contributed by atoms with Gasteiger partial charge < -0.3 is 9.80 Å². The van der Waals surface area contributed by atoms with Crippen molar-refractivity contribution < 1.29 is 9.59 Å². The Morgan fingerprint density at radius 3 is 2.37 bits per heavy atom. The molecule has 0 aliphatic carbocycles. The summed E-state index contributed by atoms with van der Waals surface area (Å²) in [5.74, 6) is -0.396. The number of aromatic nitrogens is 2. The average Bonchev–Trinajstić information content (AvgIpc) is 2.64. The number of aryl methyl sites for hydroxylation is 1. The summed E-state index contributed by atoms with van der Waals surface area (Å²) in [6.45, 7) is 3.19. The second-order valence-corrected chi connectivity index (χ2v) is 7.11. The van der Waals surface area contributed by atoms with Crippen molar-refractivity contribution in [1.82, 2.24) is 19.6 Å². The first-order valence-electron chi connectivity index (χ1n) is 8.42. The van der Waals surface area contributed by atoms with E-state index in [0.29, 0.717) is 47.5 Å². The van der Waals surface area contributed by atoms with Gasteiger partial charge in [-0.2, -0.15) is 5.10 Å². The molecule has 0 unspecified atom stereocenters. The summed E-state index contributed by atoms with van der Waals surface area (Å²) >= 11 is 12.0. The van der Waals surface area contributed by atoms with E-state index in [-0.39, 0.29) is 23.9 Å². The summed E-state index contributed by atoms with van der Waals surface area (Å²) in [6.07, 6.45) is 0. The molecule has 27 heavy (non-hydrogen) atoms. The molecule has 0 saturated carbocycles. The SMILES string of the molecule is Cc1ccc(=O)n(CC(=O)N2CCN(C(=O)c3ccc(Cl)cc3Cl)CC2)n1. The van der Waals surface area contributed by atoms with Gasteiger partial charge in [-0.05, 0) is 31.2 Å². The van der Waals surface area contributed by atoms with Crippen LogP contribution in [0.5, 0.6) is 0 Å². The van der Waals surface area contributed by atoms with E-state index >= 15 is 0 Å². The number of carbonyl (C=O) groups is 2. The van der Waals surface area contributed by atoms with Crippen LogP contribution in [-0.2, 0) is 11.3 Å². The summed E-state index contributed by atoms with van der Waals surface area (Å²) in [7, 11) is 0. The number of hydrogen-bond acceptors (Lipinski definition) is 4. The van der Waals surface area contributed by atoms with Gasteiger partial charge in [-0.25, -0.2) is 4.68 Å². The van der Waals surface area contributed by atoms with Gasteiger partial charge in [-0.1, -0.05) is 23.2 Å². The molecule has 1 aliphatic heterocycles. The fraction of sp³-hybridized carbons (Fsp3) is 0.333. The molecule has 0 atom stereocenters. The Hall–Kier alpha value is -2.38. The minimum atomic E-state index is -0.319. The van der Waals surface area contributed by atoms with Crippen molar-refractivity contribution in [2.75, 3.05) is 26.2 Å². The molecule has 2 amide bonds. The Morgan fingerprint density at radius 1 is 1.04 bits per heavy atom. The Morgan fingerprint density at radius 2 is 1.70 bits per heavy atom. The Labute approximate surface area is 166 Å². The second-order valence-electron chi connectivity index (χ2n) is 6.27. The summed E-state index contributed by atoms with van der Waals surface area (Å²) in [6, 6.07) is 7.74. The van der Waals surface area contributed by atoms with Gasteiger partial charge in [0.1, 0.15) is 6.54 Å². The fourth-order valence-corrected chi connectivity index (χ4v) is 3.37. The lowest BCUT2D eigenvalue weighted by molar-refractivity contribution is -0.133. The van der Waals surface area contributed by atoms with Crippen LogP contribution in [0.3, 0.4) is 0 Å². The van der Waals surface area contributed by atoms with Crippen LogP contribution in [0, 0.1) is 6.92 Å². The highest BCUT2D eigenvalue weighted by molar-refractivity contribution is 6.36. The minimum Gasteiger partial charge on any atom is -0.338 e. The number of hydrogen-bond donors (Lipinski definition) is 0. The molecule has 0 radical (unpaired) electrons. The normalized spacial score (nSPS) is 14.3. The molecule has 7 nitrogen and oxygen atoms in total. The highest BCUT2D eigenvalue weighted by atomic mass is 35.5. The number of piperazine rings is 1. The van der Waals surface area contributed by atoms with E-state index in [1.165, 1.54) is 12.1 Å². The highest BCUT2D eigenvalue weighted by Gasteiger charge is 2.26. The molecule has 0 spiro atoms. The van der Waals surface area contributed by atoms with Crippen LogP contribution in [0.25, 0.3) is 0 Å². The van der Waals surface area contributed by atoms with E-state index in [4.69, 9.17) is 23.2 Å². The first-order chi connectivity index (χ1) is 12.8. The van der Waals surface area contributed by atoms with Crippen molar-refractivity contribution in [3.05, 3.63) is 62.0 Å². The number of amides is 2. The van der Waals surface area contributed by atoms with Gasteiger partial charge in [-0.15, -0.1) is 0 Å². The van der Waals surface area contributed by atoms with E-state index in [9.17, 15) is 14.4 Å². The zero-order valence-electron chi connectivity index (χ0n) is 14.7. The number of rotatable bonds is 3. The predicted octanol–water partition coefficient (Wildman–Crippen LogP) is 1.84. The lowest BCUT2D eigenvalue weighted by atomic mass is 10.1. The zero-order chi connectivity index (χ0) is 19.6. The number of halogens is 2. The van der Waals surface area contributed by atoms with Gasteiger partial charge in [0.15, 0.2) is 0 Å². The van der Waals surface area contributed by atoms with E-state index < -0.39 is 0 Å². The molecular formula is C18H18Cl2N4O3. The van der Waals surface area contributed by atoms with Crippen LogP contribution < -0.4 is 5.56 Å². The minimum absolute atomic E-state index is 0.114. The Balaban J connectivity index is 1.61. The van der Waals surface area contributed by atoms with E-state index in [1.807, 2.05) is 0 Å². The molecule has 1 aromatic heterocycles. The maximum atomic E-state index is 12.6. The molecule has 142 valence electrons. The number of benzene rings is 1. The number of nitrogens with zero attached hydrogens (tertiary/aromatic N) is 4. The van der Waals surface area contributed by atoms with E-state index in [2.05, 4.69) is 5.10 Å². The highest BCUT2D eigenvalue weighted by Crippen LogP contribution is 2.22. The van der Waals surface area contributed by atoms with Crippen LogP contribution >= 0.6 is 23.2 Å². The molecule has 0 bridgehead atoms. The molecule has 1 aliphatic rings. The van der Waals surface area contributed by atoms with Gasteiger partial charge in [0, 0.05) is 37.3 Å². The summed E-state index contributed by atoms with van der Waals surface area (Å²) < 4.78 is 1.16. The monoisotopic (exact) mass is 408 g/mol. The standard InChI is InChI=1S/C18H18Cl2N4O3/c1-12-2-5-16(25)24(21-12)11-17(26)22-6-8-23(9-7-22)18(27)14-4-3-13(19)10-15(14)20/h2-5,10H,6-9,11H2,1H3. The predicted molar refractivity (Wildman–Crippen MR) is 102 cm³/mol. The van der Waals surface area contributed by atoms with Crippen molar-refractivity contribution in [3.8, 4) is 0 Å². The maximum Gasteiger partial charge on any atom is 0.267 e. The van der Waals surface area contributed by atoms with E-state index in [1.54, 1.807) is 34.9 Å². The molecule has 1 aromatic carbocycles. The maximum absolute atomic E-state index is 12.6. The third-order valence-electron chi connectivity index (χ3n) is 4.37. The van der Waals surface area contributed by atoms with Crippen LogP contribution in [0.15, 0.2) is 35.1 Å². The van der Waals surface area contributed by atoms with Crippen molar-refractivity contribution >= 4 is 35.0 Å². The van der Waals surface area contributed by atoms with Crippen LogP contribution in [0.2, 0.25) is 10.0 Å². The Kier molecular flexibility index (Phi) is 5.82. The van der Waals surface area contributed by atoms with Gasteiger partial charge in [0.25, 0.3) is 11.5 Å². The largest absolute Gasteiger partial charge is 0.338 e. The van der Waals surface area contributed by atoms with Crippen molar-refractivity contribution in [1.29, 1.82) is 0 Å². The number of carbonyl (C=O) groups excluding carboxylic acids is 2. The molecule has 0 N–H and O–H groups in total. The summed E-state index contributed by atoms with van der Waals surface area (Å²) in [4.78, 5) is 40.2. The molecule has 1 fully saturated rings. The van der Waals surface area contributed by atoms with Crippen LogP contribution in [0.4, 0.5) is 0 Å². The van der Waals surface area contributed by atoms with Gasteiger partial charge in [0.05, 0.1) is 16.3 Å². The first kappa shape index (κ1) is 19.4. The van der Waals surface area contributed by atoms with E-state index in [0.717, 1.165) is 4.68 Å². The van der Waals surface area contributed by atoms with Crippen LogP contribution in [0.1, 0.15) is 16.1 Å². The topological polar surface area (TPSA) is 75.5 Å². The molecule has 2 aromatic rings. The Bertz CT molecular complexity index is 936. The summed E-state index contributed by atoms with van der Waals surface area (Å²) in [5.41, 5.74) is 0.731. The molecular weight excluding hydrogens is 391 g/mol. The second kappa shape index (κ2) is 8.10. The van der Waals surface area contributed by atoms with Gasteiger partial charge >= 0.3 is 0 Å². The third kappa shape index (κ3) is 4.48. The molecule has 9 heteroatoms. The third-order valence-corrected chi connectivity index (χ3v) is 4.91. The smallest absolute Gasteiger partial charge is 0.267 e.